The second-order valence-electron chi connectivity index (χ2n) is 6.55. The summed E-state index contributed by atoms with van der Waals surface area (Å²) in [7, 11) is 1.64. The molecule has 1 amide bonds. The molecule has 0 bridgehead atoms. The van der Waals surface area contributed by atoms with Gasteiger partial charge in [-0.3, -0.25) is 9.69 Å². The summed E-state index contributed by atoms with van der Waals surface area (Å²) < 4.78 is 7.41. The van der Waals surface area contributed by atoms with Crippen LogP contribution in [0.25, 0.3) is 21.9 Å². The van der Waals surface area contributed by atoms with Crippen LogP contribution in [0.1, 0.15) is 16.1 Å². The first-order valence-corrected chi connectivity index (χ1v) is 8.61. The van der Waals surface area contributed by atoms with Crippen LogP contribution >= 0.6 is 0 Å². The Labute approximate surface area is 150 Å². The number of carbonyl (C=O) groups is 1. The topological polar surface area (TPSA) is 63.2 Å². The minimum atomic E-state index is -0.0493. The lowest BCUT2D eigenvalue weighted by Crippen LogP contribution is -2.30. The number of H-pyrrole nitrogens is 1. The van der Waals surface area contributed by atoms with Gasteiger partial charge in [-0.2, -0.15) is 0 Å². The van der Waals surface area contributed by atoms with Gasteiger partial charge in [-0.15, -0.1) is 0 Å². The smallest absolute Gasteiger partial charge is 0.277 e. The summed E-state index contributed by atoms with van der Waals surface area (Å²) in [6.45, 7) is 3.35. The fourth-order valence-electron chi connectivity index (χ4n) is 3.76. The molecule has 0 saturated carbocycles. The van der Waals surface area contributed by atoms with E-state index in [0.717, 1.165) is 39.8 Å². The van der Waals surface area contributed by atoms with E-state index in [1.54, 1.807) is 12.0 Å². The van der Waals surface area contributed by atoms with E-state index in [4.69, 9.17) is 4.74 Å². The van der Waals surface area contributed by atoms with E-state index < -0.39 is 0 Å². The van der Waals surface area contributed by atoms with Crippen LogP contribution in [0, 0.1) is 6.92 Å². The molecular weight excluding hydrogens is 328 g/mol. The summed E-state index contributed by atoms with van der Waals surface area (Å²) in [6.07, 6.45) is 0. The van der Waals surface area contributed by atoms with Gasteiger partial charge in [0, 0.05) is 24.0 Å². The summed E-state index contributed by atoms with van der Waals surface area (Å²) in [5, 5.41) is 1.00. The van der Waals surface area contributed by atoms with Crippen LogP contribution < -0.4 is 9.64 Å². The second kappa shape index (κ2) is 5.36. The molecule has 130 valence electrons. The molecule has 4 aromatic rings. The highest BCUT2D eigenvalue weighted by molar-refractivity contribution is 6.09. The minimum Gasteiger partial charge on any atom is -0.497 e. The number of fused-ring (bicyclic) bond motifs is 4. The number of para-hydroxylation sites is 2. The number of hydrogen-bond acceptors (Lipinski definition) is 3. The molecule has 0 saturated heterocycles. The van der Waals surface area contributed by atoms with Gasteiger partial charge in [-0.1, -0.05) is 12.1 Å². The molecule has 1 N–H and O–H groups in total. The number of carbonyl (C=O) groups excluding carboxylic acids is 1. The summed E-state index contributed by atoms with van der Waals surface area (Å²) in [5.41, 5.74) is 4.44. The molecule has 0 fully saturated rings. The van der Waals surface area contributed by atoms with E-state index in [1.165, 1.54) is 0 Å². The number of methoxy groups -OCH3 is 1. The number of aryl methyl sites for hydroxylation is 1. The van der Waals surface area contributed by atoms with Crippen molar-refractivity contribution in [2.45, 2.75) is 13.5 Å². The molecule has 6 nitrogen and oxygen atoms in total. The van der Waals surface area contributed by atoms with Crippen LogP contribution in [0.3, 0.4) is 0 Å². The van der Waals surface area contributed by atoms with Crippen LogP contribution in [0.15, 0.2) is 42.5 Å². The maximum absolute atomic E-state index is 13.2. The number of aromatic amines is 1. The fourth-order valence-corrected chi connectivity index (χ4v) is 3.76. The van der Waals surface area contributed by atoms with Gasteiger partial charge < -0.3 is 14.3 Å². The fraction of sp³-hybridized carbons (Fsp3) is 0.200. The number of hydrogen-bond donors (Lipinski definition) is 1. The molecule has 1 aliphatic rings. The van der Waals surface area contributed by atoms with Gasteiger partial charge in [0.05, 0.1) is 18.1 Å². The number of amides is 1. The van der Waals surface area contributed by atoms with Crippen LogP contribution in [-0.4, -0.2) is 34.1 Å². The zero-order valence-electron chi connectivity index (χ0n) is 14.6. The molecule has 2 aromatic carbocycles. The molecule has 1 aliphatic heterocycles. The van der Waals surface area contributed by atoms with Crippen LogP contribution in [0.5, 0.6) is 5.75 Å². The molecule has 26 heavy (non-hydrogen) atoms. The van der Waals surface area contributed by atoms with Gasteiger partial charge in [-0.05, 0) is 42.8 Å². The van der Waals surface area contributed by atoms with Gasteiger partial charge in [0.2, 0.25) is 5.95 Å². The Morgan fingerprint density at radius 1 is 1.19 bits per heavy atom. The highest BCUT2D eigenvalue weighted by Crippen LogP contribution is 2.31. The maximum atomic E-state index is 13.2. The summed E-state index contributed by atoms with van der Waals surface area (Å²) in [4.78, 5) is 22.9. The lowest BCUT2D eigenvalue weighted by atomic mass is 10.1. The molecule has 5 rings (SSSR count). The minimum absolute atomic E-state index is 0.0493. The normalized spacial score (nSPS) is 13.5. The number of aromatic nitrogens is 3. The third-order valence-corrected chi connectivity index (χ3v) is 5.15. The Balaban J connectivity index is 1.60. The quantitative estimate of drug-likeness (QED) is 0.604. The predicted octanol–water partition coefficient (Wildman–Crippen LogP) is 3.50. The van der Waals surface area contributed by atoms with Crippen molar-refractivity contribution in [2.75, 3.05) is 18.6 Å². The van der Waals surface area contributed by atoms with E-state index in [2.05, 4.69) is 14.5 Å². The lowest BCUT2D eigenvalue weighted by Gasteiger charge is -2.13. The number of nitrogens with zero attached hydrogens (tertiary/aromatic N) is 3. The van der Waals surface area contributed by atoms with E-state index in [0.29, 0.717) is 18.2 Å². The SMILES string of the molecule is COc1ccc2[nH]c(C(=O)N3CCn4c3nc3ccccc34)c(C)c2c1. The van der Waals surface area contributed by atoms with Gasteiger partial charge in [0.25, 0.3) is 5.91 Å². The van der Waals surface area contributed by atoms with Crippen molar-refractivity contribution >= 4 is 33.8 Å². The van der Waals surface area contributed by atoms with E-state index in [1.807, 2.05) is 49.4 Å². The van der Waals surface area contributed by atoms with Crippen molar-refractivity contribution in [3.8, 4) is 5.75 Å². The Hall–Kier alpha value is -3.28. The molecule has 0 radical (unpaired) electrons. The van der Waals surface area contributed by atoms with Crippen molar-refractivity contribution in [1.29, 1.82) is 0 Å². The molecule has 6 heteroatoms. The molecule has 0 aliphatic carbocycles. The number of nitrogens with one attached hydrogen (secondary N) is 1. The molecule has 0 atom stereocenters. The Morgan fingerprint density at radius 2 is 2.04 bits per heavy atom. The van der Waals surface area contributed by atoms with Crippen molar-refractivity contribution in [3.63, 3.8) is 0 Å². The third kappa shape index (κ3) is 1.98. The van der Waals surface area contributed by atoms with Crippen LogP contribution in [0.2, 0.25) is 0 Å². The number of ether oxygens (including phenoxy) is 1. The lowest BCUT2D eigenvalue weighted by molar-refractivity contribution is 0.0984. The van der Waals surface area contributed by atoms with Crippen LogP contribution in [-0.2, 0) is 6.54 Å². The van der Waals surface area contributed by atoms with Crippen molar-refractivity contribution in [3.05, 3.63) is 53.7 Å². The second-order valence-corrected chi connectivity index (χ2v) is 6.55. The van der Waals surface area contributed by atoms with Crippen molar-refractivity contribution < 1.29 is 9.53 Å². The highest BCUT2D eigenvalue weighted by Gasteiger charge is 2.31. The van der Waals surface area contributed by atoms with E-state index in [9.17, 15) is 4.79 Å². The zero-order chi connectivity index (χ0) is 17.8. The molecule has 0 unspecified atom stereocenters. The van der Waals surface area contributed by atoms with Gasteiger partial charge in [0.1, 0.15) is 11.4 Å². The standard InChI is InChI=1S/C20H18N4O2/c1-12-14-11-13(26-2)7-8-15(14)21-18(12)19(25)24-10-9-23-17-6-4-3-5-16(17)22-20(23)24/h3-8,11,21H,9-10H2,1-2H3. The van der Waals surface area contributed by atoms with Crippen molar-refractivity contribution in [2.24, 2.45) is 0 Å². The number of benzene rings is 2. The Morgan fingerprint density at radius 3 is 2.88 bits per heavy atom. The molecule has 0 spiro atoms. The molecule has 2 aromatic heterocycles. The zero-order valence-corrected chi connectivity index (χ0v) is 14.6. The average Bonchev–Trinajstić information content (AvgIpc) is 3.33. The summed E-state index contributed by atoms with van der Waals surface area (Å²) in [6, 6.07) is 13.8. The van der Waals surface area contributed by atoms with E-state index in [-0.39, 0.29) is 5.91 Å². The largest absolute Gasteiger partial charge is 0.497 e. The number of anilines is 1. The summed E-state index contributed by atoms with van der Waals surface area (Å²) in [5.74, 6) is 1.44. The number of rotatable bonds is 2. The first kappa shape index (κ1) is 15.0. The first-order chi connectivity index (χ1) is 12.7. The van der Waals surface area contributed by atoms with Crippen LogP contribution in [0.4, 0.5) is 5.95 Å². The molecular formula is C20H18N4O2. The highest BCUT2D eigenvalue weighted by atomic mass is 16.5. The van der Waals surface area contributed by atoms with E-state index >= 15 is 0 Å². The van der Waals surface area contributed by atoms with Gasteiger partial charge >= 0.3 is 0 Å². The average molecular weight is 346 g/mol. The first-order valence-electron chi connectivity index (χ1n) is 8.61. The number of imidazole rings is 1. The Kier molecular flexibility index (Phi) is 3.09. The summed E-state index contributed by atoms with van der Waals surface area (Å²) >= 11 is 0. The third-order valence-electron chi connectivity index (χ3n) is 5.15. The maximum Gasteiger partial charge on any atom is 0.277 e. The Bertz CT molecular complexity index is 1170. The van der Waals surface area contributed by atoms with Crippen molar-refractivity contribution in [1.82, 2.24) is 14.5 Å². The van der Waals surface area contributed by atoms with Gasteiger partial charge in [-0.25, -0.2) is 4.98 Å². The monoisotopic (exact) mass is 346 g/mol. The molecule has 3 heterocycles. The predicted molar refractivity (Wildman–Crippen MR) is 101 cm³/mol. The van der Waals surface area contributed by atoms with Gasteiger partial charge in [0.15, 0.2) is 0 Å².